The van der Waals surface area contributed by atoms with E-state index in [1.54, 1.807) is 4.91 Å². The molecule has 0 amide bonds. The molecule has 3 unspecified atom stereocenters. The second kappa shape index (κ2) is 5.09. The van der Waals surface area contributed by atoms with Crippen molar-refractivity contribution >= 4 is 11.8 Å². The van der Waals surface area contributed by atoms with E-state index in [4.69, 9.17) is 0 Å². The fraction of sp³-hybridized carbons (Fsp3) is 0.833. The van der Waals surface area contributed by atoms with Gasteiger partial charge in [0.1, 0.15) is 0 Å². The number of rotatable bonds is 4. The van der Waals surface area contributed by atoms with Crippen LogP contribution in [0.4, 0.5) is 0 Å². The van der Waals surface area contributed by atoms with E-state index < -0.39 is 0 Å². The van der Waals surface area contributed by atoms with Gasteiger partial charge in [-0.15, -0.1) is 11.8 Å². The van der Waals surface area contributed by atoms with Crippen molar-refractivity contribution in [3.05, 3.63) is 11.0 Å². The van der Waals surface area contributed by atoms with Crippen molar-refractivity contribution in [1.82, 2.24) is 0 Å². The smallest absolute Gasteiger partial charge is 0.0180 e. The summed E-state index contributed by atoms with van der Waals surface area (Å²) < 4.78 is 0. The first-order valence-corrected chi connectivity index (χ1v) is 6.42. The van der Waals surface area contributed by atoms with Gasteiger partial charge in [0.2, 0.25) is 0 Å². The first-order valence-electron chi connectivity index (χ1n) is 5.54. The van der Waals surface area contributed by atoms with E-state index in [2.05, 4.69) is 45.5 Å². The summed E-state index contributed by atoms with van der Waals surface area (Å²) in [6.45, 7) is 9.27. The molecule has 0 N–H and O–H groups in total. The summed E-state index contributed by atoms with van der Waals surface area (Å²) in [6.07, 6.45) is 6.49. The van der Waals surface area contributed by atoms with E-state index >= 15 is 0 Å². The van der Waals surface area contributed by atoms with Crippen LogP contribution >= 0.6 is 11.8 Å². The normalized spacial score (nSPS) is 30.3. The molecule has 0 aromatic heterocycles. The van der Waals surface area contributed by atoms with Crippen molar-refractivity contribution in [3.63, 3.8) is 0 Å². The highest BCUT2D eigenvalue weighted by Gasteiger charge is 2.29. The Morgan fingerprint density at radius 1 is 1.46 bits per heavy atom. The maximum absolute atomic E-state index is 2.47. The predicted molar refractivity (Wildman–Crippen MR) is 63.0 cm³/mol. The molecule has 0 aromatic rings. The Hall–Kier alpha value is 0.0900. The monoisotopic (exact) mass is 198 g/mol. The van der Waals surface area contributed by atoms with E-state index in [-0.39, 0.29) is 0 Å². The third-order valence-electron chi connectivity index (χ3n) is 2.97. The fourth-order valence-corrected chi connectivity index (χ4v) is 3.74. The van der Waals surface area contributed by atoms with E-state index in [9.17, 15) is 0 Å². The zero-order valence-corrected chi connectivity index (χ0v) is 10.2. The molecule has 0 spiro atoms. The minimum absolute atomic E-state index is 0.839. The van der Waals surface area contributed by atoms with E-state index in [0.29, 0.717) is 0 Å². The quantitative estimate of drug-likeness (QED) is 0.642. The Morgan fingerprint density at radius 2 is 2.15 bits per heavy atom. The molecular formula is C12H22S. The molecular weight excluding hydrogens is 176 g/mol. The lowest BCUT2D eigenvalue weighted by atomic mass is 9.90. The maximum Gasteiger partial charge on any atom is 0.0180 e. The van der Waals surface area contributed by atoms with Crippen molar-refractivity contribution in [2.24, 2.45) is 11.8 Å². The maximum atomic E-state index is 2.47. The summed E-state index contributed by atoms with van der Waals surface area (Å²) in [6, 6.07) is 0. The third-order valence-corrected chi connectivity index (χ3v) is 4.56. The summed E-state index contributed by atoms with van der Waals surface area (Å²) in [5, 5.41) is 0.866. The molecule has 0 bridgehead atoms. The van der Waals surface area contributed by atoms with Gasteiger partial charge in [0.25, 0.3) is 0 Å². The molecule has 3 atom stereocenters. The predicted octanol–water partition coefficient (Wildman–Crippen LogP) is 4.47. The molecule has 0 saturated carbocycles. The second-order valence-electron chi connectivity index (χ2n) is 4.20. The van der Waals surface area contributed by atoms with Crippen LogP contribution in [0.25, 0.3) is 0 Å². The summed E-state index contributed by atoms with van der Waals surface area (Å²) in [5.74, 6) is 1.72. The molecule has 0 nitrogen and oxygen atoms in total. The number of hydrogen-bond acceptors (Lipinski definition) is 1. The minimum atomic E-state index is 0.839. The molecule has 0 aliphatic carbocycles. The summed E-state index contributed by atoms with van der Waals surface area (Å²) in [4.78, 5) is 1.54. The van der Waals surface area contributed by atoms with Gasteiger partial charge in [-0.1, -0.05) is 33.3 Å². The van der Waals surface area contributed by atoms with Crippen molar-refractivity contribution in [3.8, 4) is 0 Å². The molecule has 1 aliphatic rings. The zero-order valence-electron chi connectivity index (χ0n) is 9.34. The Morgan fingerprint density at radius 3 is 2.69 bits per heavy atom. The molecule has 0 saturated heterocycles. The standard InChI is InChI=1S/C12H22S/c1-5-7-9(3)12-11(6-2)8-10(4)13-12/h8-9,11-12H,5-7H2,1-4H3. The van der Waals surface area contributed by atoms with Crippen LogP contribution in [0.2, 0.25) is 0 Å². The lowest BCUT2D eigenvalue weighted by Gasteiger charge is -2.23. The topological polar surface area (TPSA) is 0 Å². The third kappa shape index (κ3) is 2.77. The van der Waals surface area contributed by atoms with Gasteiger partial charge in [0.15, 0.2) is 0 Å². The van der Waals surface area contributed by atoms with Crippen LogP contribution in [0.3, 0.4) is 0 Å². The van der Waals surface area contributed by atoms with Gasteiger partial charge in [-0.3, -0.25) is 0 Å². The van der Waals surface area contributed by atoms with Crippen LogP contribution in [0.15, 0.2) is 11.0 Å². The summed E-state index contributed by atoms with van der Waals surface area (Å²) in [7, 11) is 0. The molecule has 1 heteroatoms. The van der Waals surface area contributed by atoms with Crippen LogP contribution in [-0.4, -0.2) is 5.25 Å². The van der Waals surface area contributed by atoms with Gasteiger partial charge >= 0.3 is 0 Å². The Kier molecular flexibility index (Phi) is 4.37. The average Bonchev–Trinajstić information content (AvgIpc) is 2.47. The van der Waals surface area contributed by atoms with Crippen molar-refractivity contribution in [2.75, 3.05) is 0 Å². The Labute approximate surface area is 87.2 Å². The van der Waals surface area contributed by atoms with E-state index in [1.807, 2.05) is 0 Å². The molecule has 13 heavy (non-hydrogen) atoms. The Bertz CT molecular complexity index is 184. The van der Waals surface area contributed by atoms with Gasteiger partial charge in [-0.25, -0.2) is 0 Å². The van der Waals surface area contributed by atoms with Crippen molar-refractivity contribution in [1.29, 1.82) is 0 Å². The summed E-state index contributed by atoms with van der Waals surface area (Å²) in [5.41, 5.74) is 0. The molecule has 0 fully saturated rings. The second-order valence-corrected chi connectivity index (χ2v) is 5.62. The molecule has 0 radical (unpaired) electrons. The molecule has 1 aliphatic heterocycles. The first kappa shape index (κ1) is 11.2. The molecule has 1 rings (SSSR count). The van der Waals surface area contributed by atoms with Gasteiger partial charge < -0.3 is 0 Å². The van der Waals surface area contributed by atoms with Gasteiger partial charge in [-0.05, 0) is 36.5 Å². The van der Waals surface area contributed by atoms with Crippen molar-refractivity contribution < 1.29 is 0 Å². The highest BCUT2D eigenvalue weighted by molar-refractivity contribution is 8.03. The van der Waals surface area contributed by atoms with Crippen LogP contribution in [0.1, 0.15) is 47.0 Å². The Balaban J connectivity index is 2.51. The van der Waals surface area contributed by atoms with Gasteiger partial charge in [-0.2, -0.15) is 0 Å². The van der Waals surface area contributed by atoms with Gasteiger partial charge in [0, 0.05) is 5.25 Å². The van der Waals surface area contributed by atoms with Crippen LogP contribution in [0.5, 0.6) is 0 Å². The lowest BCUT2D eigenvalue weighted by molar-refractivity contribution is 0.431. The van der Waals surface area contributed by atoms with Crippen molar-refractivity contribution in [2.45, 2.75) is 52.2 Å². The van der Waals surface area contributed by atoms with Crippen LogP contribution < -0.4 is 0 Å². The SMILES string of the molecule is CCCC(C)C1SC(C)=CC1CC. The molecule has 1 heterocycles. The number of hydrogen-bond donors (Lipinski definition) is 0. The lowest BCUT2D eigenvalue weighted by Crippen LogP contribution is -2.19. The highest BCUT2D eigenvalue weighted by Crippen LogP contribution is 2.42. The summed E-state index contributed by atoms with van der Waals surface area (Å²) >= 11 is 2.11. The molecule has 76 valence electrons. The van der Waals surface area contributed by atoms with E-state index in [1.165, 1.54) is 19.3 Å². The first-order chi connectivity index (χ1) is 6.19. The van der Waals surface area contributed by atoms with Crippen LogP contribution in [-0.2, 0) is 0 Å². The minimum Gasteiger partial charge on any atom is -0.127 e. The average molecular weight is 198 g/mol. The highest BCUT2D eigenvalue weighted by atomic mass is 32.2. The van der Waals surface area contributed by atoms with E-state index in [0.717, 1.165) is 17.1 Å². The fourth-order valence-electron chi connectivity index (χ4n) is 2.25. The number of allylic oxidation sites excluding steroid dienone is 2. The molecule has 0 aromatic carbocycles. The largest absolute Gasteiger partial charge is 0.127 e. The van der Waals surface area contributed by atoms with Gasteiger partial charge in [0.05, 0.1) is 0 Å². The zero-order chi connectivity index (χ0) is 9.84. The van der Waals surface area contributed by atoms with Crippen LogP contribution in [0, 0.1) is 11.8 Å². The number of thioether (sulfide) groups is 1.